The Kier molecular flexibility index (Phi) is 3.41. The number of halogens is 2. The first-order valence-corrected chi connectivity index (χ1v) is 5.17. The van der Waals surface area contributed by atoms with Gasteiger partial charge in [0.2, 0.25) is 0 Å². The Balaban J connectivity index is 2.48. The normalized spacial score (nSPS) is 10.7. The lowest BCUT2D eigenvalue weighted by Gasteiger charge is -2.04. The largest absolute Gasteiger partial charge is 0.465 e. The molecule has 0 aliphatic carbocycles. The van der Waals surface area contributed by atoms with Crippen molar-refractivity contribution < 1.29 is 18.3 Å². The quantitative estimate of drug-likeness (QED) is 0.786. The van der Waals surface area contributed by atoms with Crippen LogP contribution in [0.5, 0.6) is 0 Å². The second-order valence-electron chi connectivity index (χ2n) is 3.55. The summed E-state index contributed by atoms with van der Waals surface area (Å²) in [5, 5.41) is 3.54. The molecule has 0 spiro atoms. The van der Waals surface area contributed by atoms with Crippen LogP contribution in [0.4, 0.5) is 8.78 Å². The third kappa shape index (κ3) is 2.51. The molecule has 100 valence electrons. The third-order valence-electron chi connectivity index (χ3n) is 2.37. The van der Waals surface area contributed by atoms with Crippen molar-refractivity contribution in [3.63, 3.8) is 0 Å². The van der Waals surface area contributed by atoms with E-state index in [0.29, 0.717) is 4.68 Å². The number of methoxy groups -OCH3 is 1. The van der Waals surface area contributed by atoms with Crippen molar-refractivity contribution in [2.45, 2.75) is 6.55 Å². The lowest BCUT2D eigenvalue weighted by atomic mass is 10.3. The lowest BCUT2D eigenvalue weighted by molar-refractivity contribution is 0.0563. The number of esters is 1. The highest BCUT2D eigenvalue weighted by atomic mass is 19.3. The zero-order chi connectivity index (χ0) is 14.0. The summed E-state index contributed by atoms with van der Waals surface area (Å²) >= 11 is 0. The molecule has 8 heteroatoms. The van der Waals surface area contributed by atoms with Gasteiger partial charge in [0, 0.05) is 24.5 Å². The Morgan fingerprint density at radius 3 is 2.68 bits per heavy atom. The molecule has 0 bridgehead atoms. The molecule has 0 saturated carbocycles. The van der Waals surface area contributed by atoms with Crippen molar-refractivity contribution in [1.29, 1.82) is 0 Å². The maximum absolute atomic E-state index is 12.4. The minimum absolute atomic E-state index is 0.00365. The van der Waals surface area contributed by atoms with Gasteiger partial charge in [-0.25, -0.2) is 9.48 Å². The number of rotatable bonds is 3. The number of ether oxygens (including phenoxy) is 1. The van der Waals surface area contributed by atoms with E-state index in [1.807, 2.05) is 0 Å². The number of nitrogens with zero attached hydrogens (tertiary/aromatic N) is 3. The Morgan fingerprint density at radius 1 is 1.37 bits per heavy atom. The van der Waals surface area contributed by atoms with Crippen molar-refractivity contribution >= 4 is 5.97 Å². The van der Waals surface area contributed by atoms with Gasteiger partial charge in [-0.05, 0) is 6.07 Å². The van der Waals surface area contributed by atoms with Gasteiger partial charge < -0.3 is 4.74 Å². The molecule has 0 amide bonds. The number of hydrogen-bond donors (Lipinski definition) is 0. The molecular weight excluding hydrogens is 260 g/mol. The molecule has 0 aliphatic heterocycles. The van der Waals surface area contributed by atoms with Crippen LogP contribution < -0.4 is 5.56 Å². The van der Waals surface area contributed by atoms with E-state index in [4.69, 9.17) is 0 Å². The molecule has 0 aromatic carbocycles. The summed E-state index contributed by atoms with van der Waals surface area (Å²) in [7, 11) is 1.20. The van der Waals surface area contributed by atoms with E-state index >= 15 is 0 Å². The van der Waals surface area contributed by atoms with Gasteiger partial charge in [0.05, 0.1) is 12.7 Å². The average molecular weight is 269 g/mol. The van der Waals surface area contributed by atoms with E-state index in [2.05, 4.69) is 9.84 Å². The van der Waals surface area contributed by atoms with Crippen LogP contribution in [0.3, 0.4) is 0 Å². The summed E-state index contributed by atoms with van der Waals surface area (Å²) in [6.07, 6.45) is 2.23. The van der Waals surface area contributed by atoms with Gasteiger partial charge in [0.15, 0.2) is 5.82 Å². The number of hydrogen-bond acceptors (Lipinski definition) is 4. The highest BCUT2D eigenvalue weighted by Crippen LogP contribution is 2.11. The summed E-state index contributed by atoms with van der Waals surface area (Å²) in [6, 6.07) is 3.66. The van der Waals surface area contributed by atoms with Crippen molar-refractivity contribution in [3.8, 4) is 5.82 Å². The summed E-state index contributed by atoms with van der Waals surface area (Å²) in [6.45, 7) is -2.80. The van der Waals surface area contributed by atoms with Crippen LogP contribution in [-0.2, 0) is 4.74 Å². The molecule has 19 heavy (non-hydrogen) atoms. The van der Waals surface area contributed by atoms with E-state index in [0.717, 1.165) is 16.8 Å². The van der Waals surface area contributed by atoms with Crippen LogP contribution in [-0.4, -0.2) is 27.4 Å². The van der Waals surface area contributed by atoms with Crippen LogP contribution in [0.2, 0.25) is 0 Å². The van der Waals surface area contributed by atoms with Crippen molar-refractivity contribution in [3.05, 3.63) is 46.5 Å². The lowest BCUT2D eigenvalue weighted by Crippen LogP contribution is -2.19. The van der Waals surface area contributed by atoms with Crippen LogP contribution in [0.25, 0.3) is 5.82 Å². The van der Waals surface area contributed by atoms with Crippen molar-refractivity contribution in [2.24, 2.45) is 0 Å². The van der Waals surface area contributed by atoms with Gasteiger partial charge in [0.1, 0.15) is 0 Å². The number of aromatic nitrogens is 3. The molecule has 2 aromatic heterocycles. The zero-order valence-electron chi connectivity index (χ0n) is 9.79. The van der Waals surface area contributed by atoms with E-state index in [9.17, 15) is 18.4 Å². The first-order valence-electron chi connectivity index (χ1n) is 5.17. The van der Waals surface area contributed by atoms with Crippen LogP contribution in [0, 0.1) is 0 Å². The summed E-state index contributed by atoms with van der Waals surface area (Å²) in [5.41, 5.74) is -0.374. The van der Waals surface area contributed by atoms with Crippen LogP contribution in [0.15, 0.2) is 35.4 Å². The molecular formula is C11H9F2N3O3. The van der Waals surface area contributed by atoms with Gasteiger partial charge in [0.25, 0.3) is 5.56 Å². The molecule has 0 atom stereocenters. The fourth-order valence-electron chi connectivity index (χ4n) is 1.47. The topological polar surface area (TPSA) is 66.1 Å². The number of alkyl halides is 2. The molecule has 0 radical (unpaired) electrons. The maximum atomic E-state index is 12.4. The van der Waals surface area contributed by atoms with Gasteiger partial charge in [-0.15, -0.1) is 5.10 Å². The molecule has 2 heterocycles. The molecule has 0 saturated heterocycles. The number of carbonyl (C=O) groups excluding carboxylic acids is 1. The number of carbonyl (C=O) groups is 1. The van der Waals surface area contributed by atoms with E-state index < -0.39 is 18.1 Å². The molecule has 0 aliphatic rings. The fraction of sp³-hybridized carbons (Fsp3) is 0.182. The van der Waals surface area contributed by atoms with E-state index in [-0.39, 0.29) is 11.4 Å². The van der Waals surface area contributed by atoms with Gasteiger partial charge in [-0.1, -0.05) is 0 Å². The Bertz CT molecular complexity index is 663. The highest BCUT2D eigenvalue weighted by Gasteiger charge is 2.12. The van der Waals surface area contributed by atoms with Gasteiger partial charge in [-0.2, -0.15) is 8.78 Å². The molecule has 2 rings (SSSR count). The summed E-state index contributed by atoms with van der Waals surface area (Å²) < 4.78 is 30.7. The summed E-state index contributed by atoms with van der Waals surface area (Å²) in [5.74, 6) is -0.641. The summed E-state index contributed by atoms with van der Waals surface area (Å²) in [4.78, 5) is 23.0. The average Bonchev–Trinajstić information content (AvgIpc) is 2.88. The predicted molar refractivity (Wildman–Crippen MR) is 60.4 cm³/mol. The smallest absolute Gasteiger partial charge is 0.339 e. The van der Waals surface area contributed by atoms with E-state index in [1.165, 1.54) is 25.4 Å². The molecule has 0 N–H and O–H groups in total. The zero-order valence-corrected chi connectivity index (χ0v) is 9.79. The third-order valence-corrected chi connectivity index (χ3v) is 2.37. The standard InChI is InChI=1S/C11H9F2N3O3/c1-19-10(18)7-2-3-9(17)15(6-7)8-4-5-16(14-8)11(12)13/h2-6,11H,1H3. The second-order valence-corrected chi connectivity index (χ2v) is 3.55. The molecule has 0 fully saturated rings. The highest BCUT2D eigenvalue weighted by molar-refractivity contribution is 5.88. The molecule has 0 unspecified atom stereocenters. The van der Waals surface area contributed by atoms with Gasteiger partial charge in [-0.3, -0.25) is 9.36 Å². The van der Waals surface area contributed by atoms with Crippen molar-refractivity contribution in [2.75, 3.05) is 7.11 Å². The monoisotopic (exact) mass is 269 g/mol. The Labute approximate surface area is 105 Å². The SMILES string of the molecule is COC(=O)c1ccc(=O)n(-c2ccn(C(F)F)n2)c1. The van der Waals surface area contributed by atoms with Gasteiger partial charge >= 0.3 is 12.5 Å². The van der Waals surface area contributed by atoms with Crippen LogP contribution >= 0.6 is 0 Å². The minimum Gasteiger partial charge on any atom is -0.465 e. The first kappa shape index (κ1) is 12.9. The van der Waals surface area contributed by atoms with E-state index in [1.54, 1.807) is 0 Å². The second kappa shape index (κ2) is 5.01. The minimum atomic E-state index is -2.80. The maximum Gasteiger partial charge on any atom is 0.339 e. The first-order chi connectivity index (χ1) is 9.02. The number of pyridine rings is 1. The predicted octanol–water partition coefficient (Wildman–Crippen LogP) is 1.22. The van der Waals surface area contributed by atoms with Crippen molar-refractivity contribution in [1.82, 2.24) is 14.3 Å². The molecule has 6 nitrogen and oxygen atoms in total. The van der Waals surface area contributed by atoms with Crippen LogP contribution in [0.1, 0.15) is 16.9 Å². The fourth-order valence-corrected chi connectivity index (χ4v) is 1.47. The molecule has 2 aromatic rings. The Morgan fingerprint density at radius 2 is 2.11 bits per heavy atom. The Hall–Kier alpha value is -2.51.